The van der Waals surface area contributed by atoms with Crippen LogP contribution < -0.4 is 5.76 Å². The van der Waals surface area contributed by atoms with E-state index in [1.165, 1.54) is 0 Å². The molecule has 0 aliphatic carbocycles. The van der Waals surface area contributed by atoms with Crippen molar-refractivity contribution in [3.8, 4) is 17.3 Å². The van der Waals surface area contributed by atoms with Gasteiger partial charge in [0, 0.05) is 12.7 Å². The summed E-state index contributed by atoms with van der Waals surface area (Å²) in [5.74, 6) is -0.702. The van der Waals surface area contributed by atoms with Crippen LogP contribution >= 0.6 is 0 Å². The summed E-state index contributed by atoms with van der Waals surface area (Å²) >= 11 is 0. The van der Waals surface area contributed by atoms with E-state index in [9.17, 15) is 9.90 Å². The van der Waals surface area contributed by atoms with Crippen molar-refractivity contribution >= 4 is 0 Å². The summed E-state index contributed by atoms with van der Waals surface area (Å²) in [6, 6.07) is 3.60. The Hall–Kier alpha value is -1.91. The van der Waals surface area contributed by atoms with Gasteiger partial charge in [-0.2, -0.15) is 0 Å². The van der Waals surface area contributed by atoms with Gasteiger partial charge in [0.05, 0.1) is 5.69 Å². The second kappa shape index (κ2) is 3.10. The zero-order chi connectivity index (χ0) is 10.1. The number of rotatable bonds is 2. The third-order valence-electron chi connectivity index (χ3n) is 2.03. The molecule has 14 heavy (non-hydrogen) atoms. The van der Waals surface area contributed by atoms with E-state index in [2.05, 4.69) is 4.98 Å². The van der Waals surface area contributed by atoms with Crippen molar-refractivity contribution in [1.29, 1.82) is 0 Å². The highest BCUT2D eigenvalue weighted by molar-refractivity contribution is 5.58. The third-order valence-corrected chi connectivity index (χ3v) is 2.03. The normalized spacial score (nSPS) is 10.6. The van der Waals surface area contributed by atoms with Crippen molar-refractivity contribution in [2.24, 2.45) is 0 Å². The first-order chi connectivity index (χ1) is 6.72. The highest BCUT2D eigenvalue weighted by Crippen LogP contribution is 2.26. The van der Waals surface area contributed by atoms with Crippen molar-refractivity contribution in [3.05, 3.63) is 28.9 Å². The fourth-order valence-electron chi connectivity index (χ4n) is 1.39. The number of aromatic hydroxyl groups is 1. The molecule has 2 aromatic rings. The Morgan fingerprint density at radius 1 is 1.64 bits per heavy atom. The van der Waals surface area contributed by atoms with Crippen molar-refractivity contribution in [3.63, 3.8) is 0 Å². The lowest BCUT2D eigenvalue weighted by Crippen LogP contribution is -1.95. The molecule has 2 N–H and O–H groups in total. The van der Waals surface area contributed by atoms with Crippen LogP contribution in [0.1, 0.15) is 6.92 Å². The molecule has 0 aromatic carbocycles. The Labute approximate surface area is 79.6 Å². The Bertz CT molecular complexity index is 492. The van der Waals surface area contributed by atoms with Gasteiger partial charge in [0.15, 0.2) is 0 Å². The molecule has 2 aromatic heterocycles. The fraction of sp³-hybridized carbons (Fsp3) is 0.222. The quantitative estimate of drug-likeness (QED) is 0.753. The summed E-state index contributed by atoms with van der Waals surface area (Å²) in [6.07, 6.45) is 1.85. The molecule has 5 heteroatoms. The molecule has 0 fully saturated rings. The van der Waals surface area contributed by atoms with Crippen LogP contribution in [0.5, 0.6) is 5.88 Å². The highest BCUT2D eigenvalue weighted by Gasteiger charge is 2.13. The first kappa shape index (κ1) is 8.68. The Balaban J connectivity index is 2.59. The highest BCUT2D eigenvalue weighted by atomic mass is 16.4. The maximum Gasteiger partial charge on any atom is 0.419 e. The smallest absolute Gasteiger partial charge is 0.419 e. The maximum atomic E-state index is 10.8. The summed E-state index contributed by atoms with van der Waals surface area (Å²) in [7, 11) is 0. The Morgan fingerprint density at radius 3 is 3.00 bits per heavy atom. The predicted molar refractivity (Wildman–Crippen MR) is 50.1 cm³/mol. The summed E-state index contributed by atoms with van der Waals surface area (Å²) < 4.78 is 6.69. The van der Waals surface area contributed by atoms with Gasteiger partial charge in [0.1, 0.15) is 0 Å². The molecular formula is C9H10N2O3. The van der Waals surface area contributed by atoms with Crippen LogP contribution in [0, 0.1) is 0 Å². The number of aromatic nitrogens is 2. The molecule has 0 amide bonds. The predicted octanol–water partition coefficient (Wildman–Crippen LogP) is 1.16. The average Bonchev–Trinajstić information content (AvgIpc) is 2.71. The van der Waals surface area contributed by atoms with Gasteiger partial charge in [-0.05, 0) is 19.1 Å². The molecule has 0 aliphatic rings. The molecule has 0 bridgehead atoms. The molecule has 5 nitrogen and oxygen atoms in total. The van der Waals surface area contributed by atoms with E-state index in [4.69, 9.17) is 4.42 Å². The average molecular weight is 194 g/mol. The van der Waals surface area contributed by atoms with E-state index in [0.717, 1.165) is 6.54 Å². The number of oxazole rings is 1. The van der Waals surface area contributed by atoms with Crippen molar-refractivity contribution in [2.75, 3.05) is 0 Å². The number of aromatic amines is 1. The van der Waals surface area contributed by atoms with E-state index >= 15 is 0 Å². The largest absolute Gasteiger partial charge is 0.492 e. The minimum atomic E-state index is -0.652. The van der Waals surface area contributed by atoms with Gasteiger partial charge in [-0.1, -0.05) is 0 Å². The van der Waals surface area contributed by atoms with Gasteiger partial charge >= 0.3 is 5.76 Å². The molecule has 2 rings (SSSR count). The van der Waals surface area contributed by atoms with Crippen molar-refractivity contribution in [2.45, 2.75) is 13.5 Å². The van der Waals surface area contributed by atoms with E-state index in [1.54, 1.807) is 6.07 Å². The number of aryl methyl sites for hydroxylation is 1. The molecule has 0 unspecified atom stereocenters. The summed E-state index contributed by atoms with van der Waals surface area (Å²) in [4.78, 5) is 13.0. The SMILES string of the molecule is CCn1cccc1-c1oc(=O)[nH]c1O. The van der Waals surface area contributed by atoms with Gasteiger partial charge in [-0.15, -0.1) is 0 Å². The van der Waals surface area contributed by atoms with E-state index < -0.39 is 5.76 Å². The zero-order valence-corrected chi connectivity index (χ0v) is 7.65. The topological polar surface area (TPSA) is 71.2 Å². The number of H-pyrrole nitrogens is 1. The molecule has 0 radical (unpaired) electrons. The van der Waals surface area contributed by atoms with Crippen LogP contribution in [0.2, 0.25) is 0 Å². The van der Waals surface area contributed by atoms with Gasteiger partial charge < -0.3 is 14.1 Å². The van der Waals surface area contributed by atoms with Crippen molar-refractivity contribution < 1.29 is 9.52 Å². The summed E-state index contributed by atoms with van der Waals surface area (Å²) in [5, 5.41) is 9.36. The molecule has 0 saturated carbocycles. The molecule has 0 atom stereocenters. The minimum Gasteiger partial charge on any atom is -0.492 e. The Kier molecular flexibility index (Phi) is 1.92. The first-order valence-electron chi connectivity index (χ1n) is 4.30. The van der Waals surface area contributed by atoms with Crippen LogP contribution in [-0.4, -0.2) is 14.7 Å². The lowest BCUT2D eigenvalue weighted by molar-refractivity contribution is 0.451. The van der Waals surface area contributed by atoms with E-state index in [1.807, 2.05) is 23.8 Å². The zero-order valence-electron chi connectivity index (χ0n) is 7.65. The van der Waals surface area contributed by atoms with Crippen LogP contribution in [0.4, 0.5) is 0 Å². The van der Waals surface area contributed by atoms with E-state index in [0.29, 0.717) is 5.69 Å². The lowest BCUT2D eigenvalue weighted by atomic mass is 10.3. The number of nitrogens with zero attached hydrogens (tertiary/aromatic N) is 1. The number of hydrogen-bond donors (Lipinski definition) is 2. The summed E-state index contributed by atoms with van der Waals surface area (Å²) in [5.41, 5.74) is 0.684. The first-order valence-corrected chi connectivity index (χ1v) is 4.30. The van der Waals surface area contributed by atoms with E-state index in [-0.39, 0.29) is 11.6 Å². The third kappa shape index (κ3) is 1.22. The lowest BCUT2D eigenvalue weighted by Gasteiger charge is -2.02. The van der Waals surface area contributed by atoms with Gasteiger partial charge in [-0.25, -0.2) is 4.79 Å². The van der Waals surface area contributed by atoms with Gasteiger partial charge in [0.25, 0.3) is 0 Å². The molecule has 74 valence electrons. The molecule has 0 spiro atoms. The fourth-order valence-corrected chi connectivity index (χ4v) is 1.39. The van der Waals surface area contributed by atoms with Gasteiger partial charge in [-0.3, -0.25) is 4.98 Å². The van der Waals surface area contributed by atoms with Crippen LogP contribution in [0.25, 0.3) is 11.5 Å². The standard InChI is InChI=1S/C9H10N2O3/c1-2-11-5-3-4-6(11)7-8(12)10-9(13)14-7/h3-5,12H,2H2,1H3,(H,10,13). The minimum absolute atomic E-state index is 0.182. The second-order valence-corrected chi connectivity index (χ2v) is 2.87. The monoisotopic (exact) mass is 194 g/mol. The van der Waals surface area contributed by atoms with Crippen LogP contribution in [0.3, 0.4) is 0 Å². The number of nitrogens with one attached hydrogen (secondary N) is 1. The van der Waals surface area contributed by atoms with Crippen LogP contribution in [-0.2, 0) is 6.54 Å². The second-order valence-electron chi connectivity index (χ2n) is 2.87. The Morgan fingerprint density at radius 2 is 2.43 bits per heavy atom. The molecule has 0 aliphatic heterocycles. The molecular weight excluding hydrogens is 184 g/mol. The molecule has 2 heterocycles. The van der Waals surface area contributed by atoms with Crippen LogP contribution in [0.15, 0.2) is 27.5 Å². The number of hydrogen-bond acceptors (Lipinski definition) is 3. The summed E-state index contributed by atoms with van der Waals surface area (Å²) in [6.45, 7) is 2.71. The molecule has 0 saturated heterocycles. The van der Waals surface area contributed by atoms with Gasteiger partial charge in [0.2, 0.25) is 11.6 Å². The van der Waals surface area contributed by atoms with Crippen molar-refractivity contribution in [1.82, 2.24) is 9.55 Å². The maximum absolute atomic E-state index is 10.8.